The van der Waals surface area contributed by atoms with Crippen LogP contribution in [0.2, 0.25) is 0 Å². The number of nitrogens with one attached hydrogen (secondary N) is 1. The number of carbonyl (C=O) groups excluding carboxylic acids is 4. The Morgan fingerprint density at radius 3 is 2.11 bits per heavy atom. The molecule has 2 heterocycles. The number of fused-ring (bicyclic) bond motifs is 1. The van der Waals surface area contributed by atoms with Crippen molar-refractivity contribution in [2.75, 3.05) is 23.3 Å². The minimum Gasteiger partial charge on any atom is -0.339 e. The maximum Gasteiger partial charge on any atom is 0.266 e. The fraction of sp³-hybridized carbons (Fsp3) is 0.172. The van der Waals surface area contributed by atoms with Crippen molar-refractivity contribution in [3.05, 3.63) is 102 Å². The van der Waals surface area contributed by atoms with Crippen molar-refractivity contribution < 1.29 is 19.2 Å². The largest absolute Gasteiger partial charge is 0.339 e. The van der Waals surface area contributed by atoms with Gasteiger partial charge in [0.1, 0.15) is 0 Å². The first-order valence-corrected chi connectivity index (χ1v) is 11.9. The molecule has 7 nitrogen and oxygen atoms in total. The van der Waals surface area contributed by atoms with E-state index in [0.29, 0.717) is 48.4 Å². The Bertz CT molecular complexity index is 1320. The monoisotopic (exact) mass is 479 g/mol. The van der Waals surface area contributed by atoms with E-state index in [0.717, 1.165) is 10.5 Å². The van der Waals surface area contributed by atoms with E-state index in [1.54, 1.807) is 65.6 Å². The van der Waals surface area contributed by atoms with E-state index in [9.17, 15) is 19.2 Å². The molecule has 0 radical (unpaired) electrons. The van der Waals surface area contributed by atoms with Gasteiger partial charge in [-0.3, -0.25) is 19.2 Å². The van der Waals surface area contributed by atoms with Crippen LogP contribution in [0.1, 0.15) is 39.1 Å². The number of amides is 4. The summed E-state index contributed by atoms with van der Waals surface area (Å²) in [5, 5.41) is 2.91. The number of hydrogen-bond acceptors (Lipinski definition) is 4. The SMILES string of the molecule is O=C(Nc1cccc(N2C(=O)c3ccccc3C2=O)c1)C1CCN(C(=O)/C=C/c2ccccc2)CC1. The molecule has 0 unspecified atom stereocenters. The summed E-state index contributed by atoms with van der Waals surface area (Å²) in [6, 6.07) is 23.1. The highest BCUT2D eigenvalue weighted by atomic mass is 16.2. The molecule has 5 rings (SSSR count). The summed E-state index contributed by atoms with van der Waals surface area (Å²) in [6.07, 6.45) is 4.49. The highest BCUT2D eigenvalue weighted by Gasteiger charge is 2.36. The van der Waals surface area contributed by atoms with Crippen molar-refractivity contribution in [3.63, 3.8) is 0 Å². The van der Waals surface area contributed by atoms with Gasteiger partial charge in [0.25, 0.3) is 11.8 Å². The van der Waals surface area contributed by atoms with E-state index in [2.05, 4.69) is 5.32 Å². The van der Waals surface area contributed by atoms with Crippen LogP contribution >= 0.6 is 0 Å². The van der Waals surface area contributed by atoms with Crippen LogP contribution in [0.5, 0.6) is 0 Å². The lowest BCUT2D eigenvalue weighted by atomic mass is 9.95. The second-order valence-corrected chi connectivity index (χ2v) is 8.87. The van der Waals surface area contributed by atoms with E-state index in [4.69, 9.17) is 0 Å². The number of piperidine rings is 1. The molecule has 180 valence electrons. The fourth-order valence-corrected chi connectivity index (χ4v) is 4.59. The molecule has 4 amide bonds. The Labute approximate surface area is 209 Å². The molecule has 1 N–H and O–H groups in total. The zero-order valence-corrected chi connectivity index (χ0v) is 19.6. The molecule has 0 saturated carbocycles. The summed E-state index contributed by atoms with van der Waals surface area (Å²) in [7, 11) is 0. The van der Waals surface area contributed by atoms with Crippen molar-refractivity contribution >= 4 is 41.1 Å². The summed E-state index contributed by atoms with van der Waals surface area (Å²) >= 11 is 0. The predicted octanol–water partition coefficient (Wildman–Crippen LogP) is 4.38. The van der Waals surface area contributed by atoms with Crippen LogP contribution in [-0.4, -0.2) is 41.6 Å². The maximum atomic E-state index is 12.9. The Kier molecular flexibility index (Phi) is 6.45. The molecule has 0 bridgehead atoms. The molecule has 0 aliphatic carbocycles. The summed E-state index contributed by atoms with van der Waals surface area (Å²) in [6.45, 7) is 1.01. The Morgan fingerprint density at radius 1 is 0.806 bits per heavy atom. The zero-order valence-electron chi connectivity index (χ0n) is 19.6. The quantitative estimate of drug-likeness (QED) is 0.435. The number of likely N-dealkylation sites (tertiary alicyclic amines) is 1. The number of benzene rings is 3. The van der Waals surface area contributed by atoms with Crippen molar-refractivity contribution in [1.29, 1.82) is 0 Å². The molecule has 0 aromatic heterocycles. The minimum absolute atomic E-state index is 0.0636. The minimum atomic E-state index is -0.377. The lowest BCUT2D eigenvalue weighted by molar-refractivity contribution is -0.130. The van der Waals surface area contributed by atoms with Gasteiger partial charge >= 0.3 is 0 Å². The van der Waals surface area contributed by atoms with Crippen LogP contribution in [0.25, 0.3) is 6.08 Å². The molecular weight excluding hydrogens is 454 g/mol. The Morgan fingerprint density at radius 2 is 1.44 bits per heavy atom. The average molecular weight is 480 g/mol. The van der Waals surface area contributed by atoms with Gasteiger partial charge in [0.2, 0.25) is 11.8 Å². The standard InChI is InChI=1S/C29H25N3O4/c33-26(14-13-20-7-2-1-3-8-20)31-17-15-21(16-18-31)27(34)30-22-9-6-10-23(19-22)32-28(35)24-11-4-5-12-25(24)29(32)36/h1-14,19,21H,15-18H2,(H,30,34)/b14-13+. The van der Waals surface area contributed by atoms with Gasteiger partial charge in [-0.2, -0.15) is 0 Å². The molecule has 1 saturated heterocycles. The van der Waals surface area contributed by atoms with E-state index in [1.165, 1.54) is 0 Å². The lowest BCUT2D eigenvalue weighted by Gasteiger charge is -2.30. The van der Waals surface area contributed by atoms with Crippen molar-refractivity contribution in [2.24, 2.45) is 5.92 Å². The van der Waals surface area contributed by atoms with Gasteiger partial charge in [0.15, 0.2) is 0 Å². The van der Waals surface area contributed by atoms with Crippen molar-refractivity contribution in [1.82, 2.24) is 4.90 Å². The van der Waals surface area contributed by atoms with E-state index >= 15 is 0 Å². The molecule has 2 aliphatic heterocycles. The van der Waals surface area contributed by atoms with Gasteiger partial charge in [0.05, 0.1) is 16.8 Å². The molecule has 1 fully saturated rings. The van der Waals surface area contributed by atoms with E-state index in [1.807, 2.05) is 30.3 Å². The zero-order chi connectivity index (χ0) is 25.1. The molecule has 0 atom stereocenters. The van der Waals surface area contributed by atoms with Crippen LogP contribution in [-0.2, 0) is 9.59 Å². The van der Waals surface area contributed by atoms with Crippen LogP contribution in [0.15, 0.2) is 84.9 Å². The Balaban J connectivity index is 1.18. The molecule has 3 aromatic rings. The summed E-state index contributed by atoms with van der Waals surface area (Å²) < 4.78 is 0. The molecule has 2 aliphatic rings. The van der Waals surface area contributed by atoms with Gasteiger partial charge in [-0.25, -0.2) is 4.90 Å². The second-order valence-electron chi connectivity index (χ2n) is 8.87. The second kappa shape index (κ2) is 10.00. The topological polar surface area (TPSA) is 86.8 Å². The molecular formula is C29H25N3O4. The van der Waals surface area contributed by atoms with Crippen LogP contribution in [0.3, 0.4) is 0 Å². The number of hydrogen-bond donors (Lipinski definition) is 1. The number of carbonyl (C=O) groups is 4. The summed E-state index contributed by atoms with van der Waals surface area (Å²) in [5.74, 6) is -1.18. The van der Waals surface area contributed by atoms with Crippen molar-refractivity contribution in [3.8, 4) is 0 Å². The van der Waals surface area contributed by atoms with Gasteiger partial charge in [-0.1, -0.05) is 48.5 Å². The molecule has 7 heteroatoms. The van der Waals surface area contributed by atoms with Crippen LogP contribution in [0, 0.1) is 5.92 Å². The molecule has 3 aromatic carbocycles. The highest BCUT2D eigenvalue weighted by Crippen LogP contribution is 2.30. The normalized spacial score (nSPS) is 15.9. The first kappa shape index (κ1) is 23.2. The summed E-state index contributed by atoms with van der Waals surface area (Å²) in [4.78, 5) is 53.9. The van der Waals surface area contributed by atoms with Crippen molar-refractivity contribution in [2.45, 2.75) is 12.8 Å². The van der Waals surface area contributed by atoms with Gasteiger partial charge in [0, 0.05) is 30.8 Å². The van der Waals surface area contributed by atoms with Gasteiger partial charge < -0.3 is 10.2 Å². The number of imide groups is 1. The van der Waals surface area contributed by atoms with Crippen LogP contribution in [0.4, 0.5) is 11.4 Å². The number of nitrogens with zero attached hydrogens (tertiary/aromatic N) is 2. The van der Waals surface area contributed by atoms with E-state index < -0.39 is 0 Å². The number of anilines is 2. The van der Waals surface area contributed by atoms with Gasteiger partial charge in [-0.05, 0) is 54.8 Å². The van der Waals surface area contributed by atoms with E-state index in [-0.39, 0.29) is 29.5 Å². The predicted molar refractivity (Wildman–Crippen MR) is 137 cm³/mol. The third-order valence-electron chi connectivity index (χ3n) is 6.56. The first-order chi connectivity index (χ1) is 17.5. The lowest BCUT2D eigenvalue weighted by Crippen LogP contribution is -2.40. The molecule has 36 heavy (non-hydrogen) atoms. The molecule has 0 spiro atoms. The smallest absolute Gasteiger partial charge is 0.266 e. The Hall–Kier alpha value is -4.52. The van der Waals surface area contributed by atoms with Crippen LogP contribution < -0.4 is 10.2 Å². The fourth-order valence-electron chi connectivity index (χ4n) is 4.59. The first-order valence-electron chi connectivity index (χ1n) is 11.9. The average Bonchev–Trinajstić information content (AvgIpc) is 3.18. The maximum absolute atomic E-state index is 12.9. The third-order valence-corrected chi connectivity index (χ3v) is 6.56. The highest BCUT2D eigenvalue weighted by molar-refractivity contribution is 6.34. The van der Waals surface area contributed by atoms with Gasteiger partial charge in [-0.15, -0.1) is 0 Å². The third kappa shape index (κ3) is 4.68. The number of rotatable bonds is 5. The summed E-state index contributed by atoms with van der Waals surface area (Å²) in [5.41, 5.74) is 2.63.